The Morgan fingerprint density at radius 3 is 2.56 bits per heavy atom. The van der Waals surface area contributed by atoms with Gasteiger partial charge in [-0.3, -0.25) is 9.59 Å². The number of carbonyl (C=O) groups is 2. The average Bonchev–Trinajstić information content (AvgIpc) is 2.37. The zero-order chi connectivity index (χ0) is 13.3. The van der Waals surface area contributed by atoms with E-state index in [2.05, 4.69) is 9.72 Å². The van der Waals surface area contributed by atoms with E-state index < -0.39 is 5.97 Å². The van der Waals surface area contributed by atoms with Gasteiger partial charge in [0.1, 0.15) is 0 Å². The SMILES string of the molecule is COC(=O)c1cccc2c(=O)c(C(C)=O)c[nH]c12. The molecule has 92 valence electrons. The van der Waals surface area contributed by atoms with Crippen molar-refractivity contribution in [1.29, 1.82) is 0 Å². The molecule has 0 bridgehead atoms. The smallest absolute Gasteiger partial charge is 0.339 e. The maximum atomic E-state index is 12.0. The molecule has 0 radical (unpaired) electrons. The largest absolute Gasteiger partial charge is 0.465 e. The molecule has 0 saturated carbocycles. The molecule has 0 spiro atoms. The van der Waals surface area contributed by atoms with Gasteiger partial charge in [-0.2, -0.15) is 0 Å². The molecule has 0 aliphatic carbocycles. The molecular weight excluding hydrogens is 234 g/mol. The molecule has 1 heterocycles. The fourth-order valence-corrected chi connectivity index (χ4v) is 1.79. The first-order chi connectivity index (χ1) is 8.56. The normalized spacial score (nSPS) is 10.3. The molecule has 2 aromatic rings. The maximum Gasteiger partial charge on any atom is 0.339 e. The Kier molecular flexibility index (Phi) is 2.97. The van der Waals surface area contributed by atoms with E-state index >= 15 is 0 Å². The quantitative estimate of drug-likeness (QED) is 0.642. The van der Waals surface area contributed by atoms with Crippen LogP contribution in [0, 0.1) is 0 Å². The van der Waals surface area contributed by atoms with E-state index in [1.807, 2.05) is 0 Å². The number of pyridine rings is 1. The molecule has 1 aromatic carbocycles. The first-order valence-corrected chi connectivity index (χ1v) is 5.30. The van der Waals surface area contributed by atoms with Crippen LogP contribution >= 0.6 is 0 Å². The second kappa shape index (κ2) is 4.44. The van der Waals surface area contributed by atoms with E-state index in [4.69, 9.17) is 0 Å². The number of rotatable bonds is 2. The summed E-state index contributed by atoms with van der Waals surface area (Å²) >= 11 is 0. The molecule has 0 saturated heterocycles. The van der Waals surface area contributed by atoms with Crippen LogP contribution in [0.2, 0.25) is 0 Å². The third-order valence-electron chi connectivity index (χ3n) is 2.70. The van der Waals surface area contributed by atoms with E-state index in [-0.39, 0.29) is 22.3 Å². The molecule has 5 heteroatoms. The number of benzene rings is 1. The van der Waals surface area contributed by atoms with Crippen LogP contribution < -0.4 is 5.43 Å². The number of hydrogen-bond acceptors (Lipinski definition) is 4. The number of ether oxygens (including phenoxy) is 1. The van der Waals surface area contributed by atoms with Crippen molar-refractivity contribution in [3.63, 3.8) is 0 Å². The van der Waals surface area contributed by atoms with Crippen molar-refractivity contribution < 1.29 is 14.3 Å². The second-order valence-corrected chi connectivity index (χ2v) is 3.81. The summed E-state index contributed by atoms with van der Waals surface area (Å²) in [5, 5.41) is 0.297. The Labute approximate surface area is 102 Å². The molecule has 0 unspecified atom stereocenters. The highest BCUT2D eigenvalue weighted by atomic mass is 16.5. The highest BCUT2D eigenvalue weighted by Crippen LogP contribution is 2.15. The molecule has 1 N–H and O–H groups in total. The predicted octanol–water partition coefficient (Wildman–Crippen LogP) is 1.52. The molecule has 0 atom stereocenters. The summed E-state index contributed by atoms with van der Waals surface area (Å²) in [7, 11) is 1.27. The lowest BCUT2D eigenvalue weighted by Crippen LogP contribution is -2.15. The van der Waals surface area contributed by atoms with Gasteiger partial charge in [-0.25, -0.2) is 4.79 Å². The van der Waals surface area contributed by atoms with Crippen molar-refractivity contribution in [1.82, 2.24) is 4.98 Å². The number of H-pyrrole nitrogens is 1. The number of carbonyl (C=O) groups excluding carboxylic acids is 2. The number of ketones is 1. The summed E-state index contributed by atoms with van der Waals surface area (Å²) in [6.45, 7) is 1.32. The van der Waals surface area contributed by atoms with Crippen molar-refractivity contribution in [2.45, 2.75) is 6.92 Å². The van der Waals surface area contributed by atoms with E-state index in [9.17, 15) is 14.4 Å². The zero-order valence-corrected chi connectivity index (χ0v) is 9.94. The maximum absolute atomic E-state index is 12.0. The van der Waals surface area contributed by atoms with Crippen LogP contribution in [0.3, 0.4) is 0 Å². The van der Waals surface area contributed by atoms with Gasteiger partial charge in [-0.1, -0.05) is 6.07 Å². The van der Waals surface area contributed by atoms with Crippen LogP contribution in [-0.4, -0.2) is 23.8 Å². The minimum absolute atomic E-state index is 0.0736. The number of aromatic amines is 1. The fraction of sp³-hybridized carbons (Fsp3) is 0.154. The minimum Gasteiger partial charge on any atom is -0.465 e. The number of methoxy groups -OCH3 is 1. The summed E-state index contributed by atoms with van der Waals surface area (Å²) < 4.78 is 4.63. The number of hydrogen-bond donors (Lipinski definition) is 1. The lowest BCUT2D eigenvalue weighted by Gasteiger charge is -2.05. The van der Waals surface area contributed by atoms with Crippen molar-refractivity contribution in [3.8, 4) is 0 Å². The second-order valence-electron chi connectivity index (χ2n) is 3.81. The topological polar surface area (TPSA) is 76.2 Å². The third kappa shape index (κ3) is 1.79. The van der Waals surface area contributed by atoms with Gasteiger partial charge in [-0.05, 0) is 19.1 Å². The summed E-state index contributed by atoms with van der Waals surface area (Å²) in [5.41, 5.74) is 0.327. The van der Waals surface area contributed by atoms with E-state index in [1.54, 1.807) is 18.2 Å². The summed E-state index contributed by atoms with van der Waals surface area (Å²) in [4.78, 5) is 37.7. The number of nitrogens with one attached hydrogen (secondary N) is 1. The Hall–Kier alpha value is -2.43. The lowest BCUT2D eigenvalue weighted by atomic mass is 10.1. The average molecular weight is 245 g/mol. The molecule has 1 aromatic heterocycles. The Bertz CT molecular complexity index is 700. The number of para-hydroxylation sites is 1. The number of aromatic nitrogens is 1. The van der Waals surface area contributed by atoms with Gasteiger partial charge >= 0.3 is 5.97 Å². The van der Waals surface area contributed by atoms with Crippen molar-refractivity contribution in [3.05, 3.63) is 45.7 Å². The van der Waals surface area contributed by atoms with Crippen molar-refractivity contribution in [2.24, 2.45) is 0 Å². The molecule has 0 fully saturated rings. The summed E-state index contributed by atoms with van der Waals surface area (Å²) in [5.74, 6) is -0.853. The lowest BCUT2D eigenvalue weighted by molar-refractivity contribution is 0.0602. The van der Waals surface area contributed by atoms with E-state index in [1.165, 1.54) is 20.2 Å². The molecule has 0 amide bonds. The molecule has 0 aliphatic heterocycles. The number of fused-ring (bicyclic) bond motifs is 1. The highest BCUT2D eigenvalue weighted by molar-refractivity contribution is 6.04. The zero-order valence-electron chi connectivity index (χ0n) is 9.94. The van der Waals surface area contributed by atoms with Crippen LogP contribution in [0.25, 0.3) is 10.9 Å². The molecule has 18 heavy (non-hydrogen) atoms. The van der Waals surface area contributed by atoms with Gasteiger partial charge in [0.2, 0.25) is 0 Å². The molecule has 2 rings (SSSR count). The van der Waals surface area contributed by atoms with E-state index in [0.717, 1.165) is 0 Å². The van der Waals surface area contributed by atoms with Crippen LogP contribution in [0.1, 0.15) is 27.6 Å². The number of Topliss-reactive ketones (excluding diaryl/α,β-unsaturated/α-hetero) is 1. The highest BCUT2D eigenvalue weighted by Gasteiger charge is 2.14. The van der Waals surface area contributed by atoms with Crippen LogP contribution in [0.5, 0.6) is 0 Å². The monoisotopic (exact) mass is 245 g/mol. The molecular formula is C13H11NO4. The first kappa shape index (κ1) is 12.0. The van der Waals surface area contributed by atoms with Crippen LogP contribution in [0.4, 0.5) is 0 Å². The van der Waals surface area contributed by atoms with E-state index in [0.29, 0.717) is 10.9 Å². The third-order valence-corrected chi connectivity index (χ3v) is 2.70. The summed E-state index contributed by atoms with van der Waals surface area (Å²) in [6.07, 6.45) is 1.32. The van der Waals surface area contributed by atoms with Gasteiger partial charge < -0.3 is 9.72 Å². The van der Waals surface area contributed by atoms with Gasteiger partial charge in [0.05, 0.1) is 23.8 Å². The van der Waals surface area contributed by atoms with Crippen molar-refractivity contribution in [2.75, 3.05) is 7.11 Å². The van der Waals surface area contributed by atoms with Crippen LogP contribution in [-0.2, 0) is 4.74 Å². The summed E-state index contributed by atoms with van der Waals surface area (Å²) in [6, 6.07) is 4.69. The molecule has 5 nitrogen and oxygen atoms in total. The van der Waals surface area contributed by atoms with Gasteiger partial charge in [-0.15, -0.1) is 0 Å². The van der Waals surface area contributed by atoms with Gasteiger partial charge in [0.25, 0.3) is 0 Å². The van der Waals surface area contributed by atoms with Crippen molar-refractivity contribution >= 4 is 22.7 Å². The minimum atomic E-state index is -0.535. The predicted molar refractivity (Wildman–Crippen MR) is 65.9 cm³/mol. The standard InChI is InChI=1S/C13H11NO4/c1-7(15)10-6-14-11-8(12(10)16)4-3-5-9(11)13(17)18-2/h3-6H,1-2H3,(H,14,16). The van der Waals surface area contributed by atoms with Gasteiger partial charge in [0, 0.05) is 11.6 Å². The first-order valence-electron chi connectivity index (χ1n) is 5.30. The fourth-order valence-electron chi connectivity index (χ4n) is 1.79. The Balaban J connectivity index is 2.83. The van der Waals surface area contributed by atoms with Gasteiger partial charge in [0.15, 0.2) is 11.2 Å². The Morgan fingerprint density at radius 2 is 1.94 bits per heavy atom. The van der Waals surface area contributed by atoms with Crippen LogP contribution in [0.15, 0.2) is 29.2 Å². The number of esters is 1. The molecule has 0 aliphatic rings. The Morgan fingerprint density at radius 1 is 1.22 bits per heavy atom.